The standard InChI is InChI=1S/C19H13ClF2N2O4S/c1-28-19(27)16-17(26)11-6-9(20)2-5-13(11)24-18(16)29-8-15(25)23-14-7-10(21)3-4-12(14)22/h2-7H,8H2,1H3,(H,23,25)(H,24,26). The zero-order chi connectivity index (χ0) is 21.1. The fourth-order valence-corrected chi connectivity index (χ4v) is 3.57. The summed E-state index contributed by atoms with van der Waals surface area (Å²) in [6.45, 7) is 0. The lowest BCUT2D eigenvalue weighted by atomic mass is 10.1. The summed E-state index contributed by atoms with van der Waals surface area (Å²) in [5, 5.41) is 2.85. The van der Waals surface area contributed by atoms with E-state index in [4.69, 9.17) is 11.6 Å². The molecule has 29 heavy (non-hydrogen) atoms. The van der Waals surface area contributed by atoms with Crippen molar-refractivity contribution in [2.75, 3.05) is 18.2 Å². The molecule has 0 saturated heterocycles. The zero-order valence-corrected chi connectivity index (χ0v) is 16.4. The van der Waals surface area contributed by atoms with Crippen LogP contribution in [0.3, 0.4) is 0 Å². The molecule has 150 valence electrons. The summed E-state index contributed by atoms with van der Waals surface area (Å²) in [4.78, 5) is 39.9. The minimum absolute atomic E-state index is 0.103. The van der Waals surface area contributed by atoms with Crippen molar-refractivity contribution in [2.24, 2.45) is 0 Å². The van der Waals surface area contributed by atoms with Crippen molar-refractivity contribution >= 4 is 51.8 Å². The third-order valence-electron chi connectivity index (χ3n) is 3.87. The third-order valence-corrected chi connectivity index (χ3v) is 5.10. The number of carbonyl (C=O) groups is 2. The number of esters is 1. The smallest absolute Gasteiger partial charge is 0.344 e. The highest BCUT2D eigenvalue weighted by Gasteiger charge is 2.21. The summed E-state index contributed by atoms with van der Waals surface area (Å²) in [5.41, 5.74) is -0.791. The van der Waals surface area contributed by atoms with Gasteiger partial charge in [-0.05, 0) is 30.3 Å². The van der Waals surface area contributed by atoms with Gasteiger partial charge in [0.05, 0.1) is 29.1 Å². The van der Waals surface area contributed by atoms with Crippen molar-refractivity contribution < 1.29 is 23.1 Å². The van der Waals surface area contributed by atoms with Crippen LogP contribution in [0.5, 0.6) is 0 Å². The number of aromatic amines is 1. The lowest BCUT2D eigenvalue weighted by Crippen LogP contribution is -2.21. The van der Waals surface area contributed by atoms with Gasteiger partial charge in [-0.25, -0.2) is 13.6 Å². The van der Waals surface area contributed by atoms with Crippen LogP contribution in [0.2, 0.25) is 5.02 Å². The number of benzene rings is 2. The summed E-state index contributed by atoms with van der Waals surface area (Å²) in [6, 6.07) is 7.20. The van der Waals surface area contributed by atoms with E-state index in [-0.39, 0.29) is 27.4 Å². The second-order valence-corrected chi connectivity index (χ2v) is 7.22. The lowest BCUT2D eigenvalue weighted by Gasteiger charge is -2.10. The number of pyridine rings is 1. The molecular formula is C19H13ClF2N2O4S. The number of halogens is 3. The van der Waals surface area contributed by atoms with Crippen LogP contribution in [0.25, 0.3) is 10.9 Å². The lowest BCUT2D eigenvalue weighted by molar-refractivity contribution is -0.113. The van der Waals surface area contributed by atoms with Crippen molar-refractivity contribution in [3.63, 3.8) is 0 Å². The number of H-pyrrole nitrogens is 1. The first-order valence-electron chi connectivity index (χ1n) is 8.11. The Hall–Kier alpha value is -2.91. The first-order valence-corrected chi connectivity index (χ1v) is 9.48. The highest BCUT2D eigenvalue weighted by Crippen LogP contribution is 2.24. The molecule has 0 spiro atoms. The van der Waals surface area contributed by atoms with E-state index in [9.17, 15) is 23.2 Å². The Balaban J connectivity index is 1.90. The molecule has 10 heteroatoms. The summed E-state index contributed by atoms with van der Waals surface area (Å²) in [7, 11) is 1.12. The molecule has 6 nitrogen and oxygen atoms in total. The summed E-state index contributed by atoms with van der Waals surface area (Å²) in [6.07, 6.45) is 0. The molecule has 0 aliphatic carbocycles. The number of hydrogen-bond acceptors (Lipinski definition) is 5. The Morgan fingerprint density at radius 3 is 2.69 bits per heavy atom. The second kappa shape index (κ2) is 8.62. The van der Waals surface area contributed by atoms with E-state index >= 15 is 0 Å². The number of carbonyl (C=O) groups excluding carboxylic acids is 2. The van der Waals surface area contributed by atoms with Gasteiger partial charge in [0.15, 0.2) is 0 Å². The van der Waals surface area contributed by atoms with Crippen molar-refractivity contribution in [1.29, 1.82) is 0 Å². The molecule has 0 bridgehead atoms. The van der Waals surface area contributed by atoms with Crippen LogP contribution in [0.4, 0.5) is 14.5 Å². The van der Waals surface area contributed by atoms with Crippen LogP contribution >= 0.6 is 23.4 Å². The molecule has 0 atom stereocenters. The van der Waals surface area contributed by atoms with Crippen LogP contribution in [0.1, 0.15) is 10.4 Å². The van der Waals surface area contributed by atoms with E-state index < -0.39 is 28.9 Å². The molecule has 0 radical (unpaired) electrons. The molecule has 1 aromatic heterocycles. The third kappa shape index (κ3) is 4.57. The topological polar surface area (TPSA) is 88.3 Å². The largest absolute Gasteiger partial charge is 0.465 e. The number of fused-ring (bicyclic) bond motifs is 1. The van der Waals surface area contributed by atoms with Gasteiger partial charge in [0.1, 0.15) is 17.2 Å². The van der Waals surface area contributed by atoms with E-state index in [0.29, 0.717) is 10.5 Å². The second-order valence-electron chi connectivity index (χ2n) is 5.80. The molecular weight excluding hydrogens is 426 g/mol. The van der Waals surface area contributed by atoms with E-state index in [1.54, 1.807) is 12.1 Å². The van der Waals surface area contributed by atoms with Crippen molar-refractivity contribution in [1.82, 2.24) is 4.98 Å². The number of aromatic nitrogens is 1. The summed E-state index contributed by atoms with van der Waals surface area (Å²) >= 11 is 6.76. The van der Waals surface area contributed by atoms with Gasteiger partial charge in [0.25, 0.3) is 0 Å². The number of amides is 1. The quantitative estimate of drug-likeness (QED) is 0.464. The molecule has 2 N–H and O–H groups in total. The van der Waals surface area contributed by atoms with Gasteiger partial charge < -0.3 is 15.0 Å². The van der Waals surface area contributed by atoms with E-state index in [0.717, 1.165) is 37.1 Å². The number of anilines is 1. The highest BCUT2D eigenvalue weighted by atomic mass is 35.5. The highest BCUT2D eigenvalue weighted by molar-refractivity contribution is 8.00. The van der Waals surface area contributed by atoms with Crippen LogP contribution in [-0.2, 0) is 9.53 Å². The molecule has 3 aromatic rings. The van der Waals surface area contributed by atoms with E-state index in [1.165, 1.54) is 6.07 Å². The predicted molar refractivity (Wildman–Crippen MR) is 107 cm³/mol. The number of methoxy groups -OCH3 is 1. The monoisotopic (exact) mass is 438 g/mol. The normalized spacial score (nSPS) is 10.8. The SMILES string of the molecule is COC(=O)c1c(SCC(=O)Nc2cc(F)ccc2F)[nH]c2ccc(Cl)cc2c1=O. The molecule has 0 unspecified atom stereocenters. The van der Waals surface area contributed by atoms with Crippen LogP contribution in [-0.4, -0.2) is 29.7 Å². The fraction of sp³-hybridized carbons (Fsp3) is 0.105. The van der Waals surface area contributed by atoms with Gasteiger partial charge in [-0.15, -0.1) is 0 Å². The maximum absolute atomic E-state index is 13.7. The van der Waals surface area contributed by atoms with Crippen molar-refractivity contribution in [2.45, 2.75) is 5.03 Å². The number of rotatable bonds is 5. The predicted octanol–water partition coefficient (Wildman–Crippen LogP) is 3.98. The fourth-order valence-electron chi connectivity index (χ4n) is 2.55. The van der Waals surface area contributed by atoms with Gasteiger partial charge in [0.2, 0.25) is 11.3 Å². The van der Waals surface area contributed by atoms with E-state index in [1.807, 2.05) is 0 Å². The Kier molecular flexibility index (Phi) is 6.19. The molecule has 0 saturated carbocycles. The molecule has 0 fully saturated rings. The average Bonchev–Trinajstić information content (AvgIpc) is 2.69. The Morgan fingerprint density at radius 1 is 1.21 bits per heavy atom. The molecule has 1 amide bonds. The van der Waals surface area contributed by atoms with Crippen LogP contribution in [0, 0.1) is 11.6 Å². The Morgan fingerprint density at radius 2 is 1.97 bits per heavy atom. The zero-order valence-electron chi connectivity index (χ0n) is 14.8. The van der Waals surface area contributed by atoms with Crippen LogP contribution < -0.4 is 10.7 Å². The number of thioether (sulfide) groups is 1. The maximum atomic E-state index is 13.7. The number of nitrogens with one attached hydrogen (secondary N) is 2. The molecule has 3 rings (SSSR count). The minimum atomic E-state index is -0.882. The van der Waals surface area contributed by atoms with Crippen molar-refractivity contribution in [3.05, 3.63) is 68.8 Å². The van der Waals surface area contributed by atoms with Gasteiger partial charge >= 0.3 is 5.97 Å². The van der Waals surface area contributed by atoms with Gasteiger partial charge in [-0.2, -0.15) is 0 Å². The van der Waals surface area contributed by atoms with Crippen LogP contribution in [0.15, 0.2) is 46.2 Å². The first-order chi connectivity index (χ1) is 13.8. The maximum Gasteiger partial charge on any atom is 0.344 e. The Labute approximate surface area is 172 Å². The van der Waals surface area contributed by atoms with Gasteiger partial charge in [-0.3, -0.25) is 9.59 Å². The van der Waals surface area contributed by atoms with E-state index in [2.05, 4.69) is 15.0 Å². The average molecular weight is 439 g/mol. The summed E-state index contributed by atoms with van der Waals surface area (Å²) < 4.78 is 31.6. The molecule has 0 aliphatic rings. The van der Waals surface area contributed by atoms with Crippen molar-refractivity contribution in [3.8, 4) is 0 Å². The number of ether oxygens (including phenoxy) is 1. The minimum Gasteiger partial charge on any atom is -0.465 e. The molecule has 0 aliphatic heterocycles. The molecule has 1 heterocycles. The summed E-state index contributed by atoms with van der Waals surface area (Å²) in [5.74, 6) is -3.33. The first kappa shape index (κ1) is 20.8. The Bertz CT molecular complexity index is 1180. The molecule has 2 aromatic carbocycles. The number of hydrogen-bond donors (Lipinski definition) is 2. The van der Waals surface area contributed by atoms with Gasteiger partial charge in [0, 0.05) is 16.5 Å². The van der Waals surface area contributed by atoms with Gasteiger partial charge in [-0.1, -0.05) is 23.4 Å².